The smallest absolute Gasteiger partial charge is 0.155 e. The van der Waals surface area contributed by atoms with Crippen molar-refractivity contribution >= 4 is 17.1 Å². The molecule has 11 rings (SSSR count). The van der Waals surface area contributed by atoms with E-state index in [4.69, 9.17) is 9.47 Å². The van der Waals surface area contributed by atoms with Crippen molar-refractivity contribution in [1.29, 1.82) is 0 Å². The van der Waals surface area contributed by atoms with Crippen molar-refractivity contribution in [2.75, 3.05) is 4.90 Å². The van der Waals surface area contributed by atoms with E-state index in [0.29, 0.717) is 0 Å². The molecule has 0 unspecified atom stereocenters. The van der Waals surface area contributed by atoms with Gasteiger partial charge in [-0.05, 0) is 140 Å². The number of anilines is 3. The molecule has 0 bridgehead atoms. The summed E-state index contributed by atoms with van der Waals surface area (Å²) >= 11 is 0. The van der Waals surface area contributed by atoms with E-state index in [1.54, 1.807) is 0 Å². The highest BCUT2D eigenvalue weighted by molar-refractivity contribution is 5.96. The summed E-state index contributed by atoms with van der Waals surface area (Å²) in [5, 5.41) is 0. The largest absolute Gasteiger partial charge is 0.453 e. The molecule has 0 N–H and O–H groups in total. The minimum atomic E-state index is 0.762. The Morgan fingerprint density at radius 3 is 0.877 bits per heavy atom. The van der Waals surface area contributed by atoms with Gasteiger partial charge in [-0.3, -0.25) is 4.90 Å². The zero-order valence-electron chi connectivity index (χ0n) is 31.0. The summed E-state index contributed by atoms with van der Waals surface area (Å²) in [4.78, 5) is 2.29. The van der Waals surface area contributed by atoms with Crippen LogP contribution in [0.4, 0.5) is 17.1 Å². The van der Waals surface area contributed by atoms with Crippen molar-refractivity contribution < 1.29 is 9.47 Å². The topological polar surface area (TPSA) is 21.7 Å². The van der Waals surface area contributed by atoms with Gasteiger partial charge in [0.1, 0.15) is 5.69 Å². The highest BCUT2D eigenvalue weighted by Gasteiger charge is 2.35. The van der Waals surface area contributed by atoms with Gasteiger partial charge in [0.25, 0.3) is 0 Å². The molecule has 0 saturated heterocycles. The van der Waals surface area contributed by atoms with Gasteiger partial charge in [0, 0.05) is 0 Å². The van der Waals surface area contributed by atoms with E-state index >= 15 is 0 Å². The molecule has 9 aromatic carbocycles. The van der Waals surface area contributed by atoms with Gasteiger partial charge in [0.15, 0.2) is 23.0 Å². The monoisotopic (exact) mass is 729 g/mol. The molecule has 3 nitrogen and oxygen atoms in total. The van der Waals surface area contributed by atoms with Crippen LogP contribution in [-0.4, -0.2) is 0 Å². The minimum Gasteiger partial charge on any atom is -0.453 e. The standard InChI is InChI=1S/C54H35NO2/c1-5-14-36(15-6-1)42-28-43(37-16-7-2-8-17-37)31-46(30-42)40-24-26-48-52(34-40)56-50-22-13-23-51-54(50)55(48)49-27-25-41(35-53(49)57-51)47-32-44(38-18-9-3-10-19-38)29-45(33-47)39-20-11-4-12-21-39/h1-35H. The van der Waals surface area contributed by atoms with Crippen molar-refractivity contribution in [3.05, 3.63) is 212 Å². The number of rotatable bonds is 6. The summed E-state index contributed by atoms with van der Waals surface area (Å²) < 4.78 is 13.4. The highest BCUT2D eigenvalue weighted by Crippen LogP contribution is 2.60. The minimum absolute atomic E-state index is 0.762. The molecule has 0 aromatic heterocycles. The molecule has 0 amide bonds. The van der Waals surface area contributed by atoms with Crippen LogP contribution in [0.1, 0.15) is 0 Å². The zero-order chi connectivity index (χ0) is 37.7. The number of hydrogen-bond acceptors (Lipinski definition) is 3. The van der Waals surface area contributed by atoms with Gasteiger partial charge in [0.2, 0.25) is 0 Å². The third-order valence-electron chi connectivity index (χ3n) is 11.0. The molecule has 0 spiro atoms. The quantitative estimate of drug-likeness (QED) is 0.170. The molecule has 268 valence electrons. The molecule has 3 heteroatoms. The van der Waals surface area contributed by atoms with Gasteiger partial charge in [-0.2, -0.15) is 0 Å². The van der Waals surface area contributed by atoms with Crippen LogP contribution in [0.25, 0.3) is 66.8 Å². The Hall–Kier alpha value is -7.62. The van der Waals surface area contributed by atoms with Crippen LogP contribution >= 0.6 is 0 Å². The van der Waals surface area contributed by atoms with Crippen LogP contribution in [0.3, 0.4) is 0 Å². The molecule has 2 aliphatic heterocycles. The van der Waals surface area contributed by atoms with Crippen LogP contribution in [0.5, 0.6) is 23.0 Å². The maximum atomic E-state index is 6.71. The Morgan fingerprint density at radius 1 is 0.228 bits per heavy atom. The molecule has 2 heterocycles. The Morgan fingerprint density at radius 2 is 0.544 bits per heavy atom. The Labute approximate surface area is 332 Å². The Balaban J connectivity index is 1.02. The summed E-state index contributed by atoms with van der Waals surface area (Å²) in [6, 6.07) is 75.2. The van der Waals surface area contributed by atoms with Crippen molar-refractivity contribution in [3.63, 3.8) is 0 Å². The molecule has 0 fully saturated rings. The summed E-state index contributed by atoms with van der Waals surface area (Å²) in [5.74, 6) is 3.11. The van der Waals surface area contributed by atoms with E-state index in [1.807, 2.05) is 18.2 Å². The number of hydrogen-bond donors (Lipinski definition) is 0. The summed E-state index contributed by atoms with van der Waals surface area (Å²) in [6.07, 6.45) is 0. The molecule has 57 heavy (non-hydrogen) atoms. The Bertz CT molecular complexity index is 2630. The number of benzene rings is 9. The van der Waals surface area contributed by atoms with E-state index in [2.05, 4.69) is 199 Å². The molecular formula is C54H35NO2. The van der Waals surface area contributed by atoms with Gasteiger partial charge in [-0.1, -0.05) is 140 Å². The summed E-state index contributed by atoms with van der Waals surface area (Å²) in [6.45, 7) is 0. The lowest BCUT2D eigenvalue weighted by atomic mass is 9.92. The van der Waals surface area contributed by atoms with E-state index < -0.39 is 0 Å². The van der Waals surface area contributed by atoms with E-state index in [0.717, 1.165) is 62.3 Å². The lowest BCUT2D eigenvalue weighted by molar-refractivity contribution is 0.446. The van der Waals surface area contributed by atoms with Crippen molar-refractivity contribution in [2.45, 2.75) is 0 Å². The van der Waals surface area contributed by atoms with Gasteiger partial charge in [-0.25, -0.2) is 0 Å². The molecule has 0 saturated carbocycles. The zero-order valence-corrected chi connectivity index (χ0v) is 31.0. The van der Waals surface area contributed by atoms with Gasteiger partial charge in [-0.15, -0.1) is 0 Å². The number of ether oxygens (including phenoxy) is 2. The first-order chi connectivity index (χ1) is 28.2. The first kappa shape index (κ1) is 32.8. The second-order valence-electron chi connectivity index (χ2n) is 14.6. The molecule has 9 aromatic rings. The third-order valence-corrected chi connectivity index (χ3v) is 11.0. The first-order valence-corrected chi connectivity index (χ1v) is 19.3. The predicted molar refractivity (Wildman–Crippen MR) is 234 cm³/mol. The lowest BCUT2D eigenvalue weighted by Gasteiger charge is -2.38. The third kappa shape index (κ3) is 5.94. The molecule has 0 atom stereocenters. The average Bonchev–Trinajstić information content (AvgIpc) is 3.29. The first-order valence-electron chi connectivity index (χ1n) is 19.3. The van der Waals surface area contributed by atoms with Crippen molar-refractivity contribution in [2.24, 2.45) is 0 Å². The number of fused-ring (bicyclic) bond motifs is 4. The van der Waals surface area contributed by atoms with Crippen molar-refractivity contribution in [1.82, 2.24) is 0 Å². The second-order valence-corrected chi connectivity index (χ2v) is 14.6. The molecular weight excluding hydrogens is 695 g/mol. The maximum absolute atomic E-state index is 6.71. The van der Waals surface area contributed by atoms with E-state index in [9.17, 15) is 0 Å². The number of para-hydroxylation sites is 1. The fourth-order valence-electron chi connectivity index (χ4n) is 8.19. The SMILES string of the molecule is c1ccc(-c2cc(-c3ccccc3)cc(-c3ccc4c(c3)Oc3cccc5c3N4c3ccc(-c4cc(-c6ccccc6)cc(-c6ccccc6)c4)cc3O5)c2)cc1. The van der Waals surface area contributed by atoms with Gasteiger partial charge < -0.3 is 9.47 Å². The van der Waals surface area contributed by atoms with E-state index in [-0.39, 0.29) is 0 Å². The summed E-state index contributed by atoms with van der Waals surface area (Å²) in [7, 11) is 0. The van der Waals surface area contributed by atoms with Crippen molar-refractivity contribution in [3.8, 4) is 89.8 Å². The number of nitrogens with zero attached hydrogens (tertiary/aromatic N) is 1. The fourth-order valence-corrected chi connectivity index (χ4v) is 8.19. The fraction of sp³-hybridized carbons (Fsp3) is 0. The van der Waals surface area contributed by atoms with Crippen LogP contribution in [-0.2, 0) is 0 Å². The predicted octanol–water partition coefficient (Wildman–Crippen LogP) is 15.4. The normalized spacial score (nSPS) is 12.1. The Kier molecular flexibility index (Phi) is 7.82. The lowest BCUT2D eigenvalue weighted by Crippen LogP contribution is -2.20. The van der Waals surface area contributed by atoms with Crippen LogP contribution in [0.2, 0.25) is 0 Å². The maximum Gasteiger partial charge on any atom is 0.155 e. The highest BCUT2D eigenvalue weighted by atomic mass is 16.5. The molecule has 0 aliphatic carbocycles. The van der Waals surface area contributed by atoms with E-state index in [1.165, 1.54) is 44.5 Å². The molecule has 2 aliphatic rings. The van der Waals surface area contributed by atoms with Crippen LogP contribution in [0, 0.1) is 0 Å². The summed E-state index contributed by atoms with van der Waals surface area (Å²) in [5.41, 5.74) is 16.7. The van der Waals surface area contributed by atoms with Gasteiger partial charge in [0.05, 0.1) is 11.4 Å². The average molecular weight is 730 g/mol. The van der Waals surface area contributed by atoms with Crippen LogP contribution < -0.4 is 14.4 Å². The van der Waals surface area contributed by atoms with Crippen LogP contribution in [0.15, 0.2) is 212 Å². The van der Waals surface area contributed by atoms with Gasteiger partial charge >= 0.3 is 0 Å². The molecule has 0 radical (unpaired) electrons. The second kappa shape index (κ2) is 13.6.